The van der Waals surface area contributed by atoms with Gasteiger partial charge in [-0.15, -0.1) is 10.2 Å². The van der Waals surface area contributed by atoms with Crippen LogP contribution in [0.15, 0.2) is 18.2 Å². The summed E-state index contributed by atoms with van der Waals surface area (Å²) in [5.41, 5.74) is -0.349. The van der Waals surface area contributed by atoms with Crippen molar-refractivity contribution in [1.82, 2.24) is 25.1 Å². The Morgan fingerprint density at radius 2 is 2.08 bits per heavy atom. The Kier molecular flexibility index (Phi) is 4.13. The number of halogens is 5. The number of carbonyl (C=O) groups is 1. The van der Waals surface area contributed by atoms with Crippen LogP contribution in [-0.2, 0) is 12.7 Å². The predicted octanol–water partition coefficient (Wildman–Crippen LogP) is 2.93. The Hall–Kier alpha value is -2.27. The lowest BCUT2D eigenvalue weighted by Crippen LogP contribution is -2.24. The molecule has 0 fully saturated rings. The minimum atomic E-state index is -4.70. The molecule has 0 aliphatic heterocycles. The van der Waals surface area contributed by atoms with E-state index in [2.05, 4.69) is 20.6 Å². The third-order valence-corrected chi connectivity index (χ3v) is 4.09. The molecular formula is C12H6ClF4N5OS. The Morgan fingerprint density at radius 1 is 1.33 bits per heavy atom. The summed E-state index contributed by atoms with van der Waals surface area (Å²) < 4.78 is 52.3. The van der Waals surface area contributed by atoms with E-state index in [0.29, 0.717) is 4.52 Å². The first-order valence-electron chi connectivity index (χ1n) is 6.28. The van der Waals surface area contributed by atoms with Crippen LogP contribution in [0.5, 0.6) is 0 Å². The molecule has 3 rings (SSSR count). The third-order valence-electron chi connectivity index (χ3n) is 2.88. The van der Waals surface area contributed by atoms with Gasteiger partial charge in [-0.1, -0.05) is 29.0 Å². The highest BCUT2D eigenvalue weighted by molar-refractivity contribution is 7.16. The van der Waals surface area contributed by atoms with Gasteiger partial charge in [0.1, 0.15) is 10.8 Å². The smallest absolute Gasteiger partial charge is 0.345 e. The van der Waals surface area contributed by atoms with Gasteiger partial charge in [0.25, 0.3) is 11.7 Å². The summed E-state index contributed by atoms with van der Waals surface area (Å²) in [4.78, 5) is 11.9. The molecule has 0 saturated heterocycles. The number of amides is 1. The van der Waals surface area contributed by atoms with Gasteiger partial charge in [-0.05, 0) is 12.1 Å². The van der Waals surface area contributed by atoms with E-state index in [9.17, 15) is 22.4 Å². The maximum absolute atomic E-state index is 13.6. The summed E-state index contributed by atoms with van der Waals surface area (Å²) in [6, 6.07) is 3.76. The highest BCUT2D eigenvalue weighted by atomic mass is 35.5. The molecule has 1 aromatic carbocycles. The number of alkyl halides is 3. The molecule has 6 nitrogen and oxygen atoms in total. The number of rotatable bonds is 3. The van der Waals surface area contributed by atoms with Crippen LogP contribution in [0.25, 0.3) is 4.96 Å². The van der Waals surface area contributed by atoms with E-state index in [0.717, 1.165) is 17.4 Å². The van der Waals surface area contributed by atoms with Crippen LogP contribution < -0.4 is 5.32 Å². The molecular weight excluding hydrogens is 374 g/mol. The monoisotopic (exact) mass is 379 g/mol. The number of hydrogen-bond acceptors (Lipinski definition) is 5. The van der Waals surface area contributed by atoms with Crippen molar-refractivity contribution in [2.45, 2.75) is 12.7 Å². The van der Waals surface area contributed by atoms with Crippen LogP contribution in [-0.4, -0.2) is 25.7 Å². The van der Waals surface area contributed by atoms with E-state index < -0.39 is 23.7 Å². The van der Waals surface area contributed by atoms with Crippen molar-refractivity contribution in [3.05, 3.63) is 45.4 Å². The molecule has 0 unspecified atom stereocenters. The molecule has 0 atom stereocenters. The number of nitrogens with zero attached hydrogens (tertiary/aromatic N) is 4. The van der Waals surface area contributed by atoms with E-state index in [1.165, 1.54) is 12.1 Å². The second-order valence-corrected chi connectivity index (χ2v) is 5.94. The van der Waals surface area contributed by atoms with Crippen LogP contribution in [0, 0.1) is 5.82 Å². The van der Waals surface area contributed by atoms with Crippen LogP contribution in [0.1, 0.15) is 21.2 Å². The summed E-state index contributed by atoms with van der Waals surface area (Å²) >= 11 is 6.58. The molecule has 1 N–H and O–H groups in total. The van der Waals surface area contributed by atoms with Crippen LogP contribution in [0.2, 0.25) is 5.02 Å². The highest BCUT2D eigenvalue weighted by Gasteiger charge is 2.38. The molecule has 2 aromatic heterocycles. The minimum Gasteiger partial charge on any atom is -0.345 e. The van der Waals surface area contributed by atoms with Gasteiger partial charge < -0.3 is 5.32 Å². The molecule has 0 aliphatic carbocycles. The van der Waals surface area contributed by atoms with Gasteiger partial charge in [-0.25, -0.2) is 4.39 Å². The minimum absolute atomic E-state index is 0.0736. The number of aromatic nitrogens is 4. The summed E-state index contributed by atoms with van der Waals surface area (Å²) in [6.07, 6.45) is -4.70. The zero-order chi connectivity index (χ0) is 17.5. The summed E-state index contributed by atoms with van der Waals surface area (Å²) in [7, 11) is 0. The molecule has 12 heteroatoms. The number of carbonyl (C=O) groups excluding carboxylic acids is 1. The largest absolute Gasteiger partial charge is 0.453 e. The Bertz CT molecular complexity index is 902. The molecule has 1 amide bonds. The van der Waals surface area contributed by atoms with Crippen LogP contribution >= 0.6 is 22.9 Å². The Labute approximate surface area is 140 Å². The van der Waals surface area contributed by atoms with Crippen molar-refractivity contribution in [2.75, 3.05) is 0 Å². The zero-order valence-electron chi connectivity index (χ0n) is 11.4. The Balaban J connectivity index is 1.79. The van der Waals surface area contributed by atoms with Gasteiger partial charge in [0, 0.05) is 0 Å². The van der Waals surface area contributed by atoms with Crippen LogP contribution in [0.3, 0.4) is 0 Å². The van der Waals surface area contributed by atoms with E-state index in [-0.39, 0.29) is 27.1 Å². The molecule has 3 aromatic rings. The van der Waals surface area contributed by atoms with E-state index in [1.54, 1.807) is 0 Å². The quantitative estimate of drug-likeness (QED) is 0.710. The molecule has 0 saturated carbocycles. The average Bonchev–Trinajstić information content (AvgIpc) is 3.03. The summed E-state index contributed by atoms with van der Waals surface area (Å²) in [5, 5.41) is 12.5. The summed E-state index contributed by atoms with van der Waals surface area (Å²) in [5.74, 6) is -2.87. The van der Waals surface area contributed by atoms with E-state index in [4.69, 9.17) is 11.6 Å². The van der Waals surface area contributed by atoms with Crippen molar-refractivity contribution >= 4 is 33.8 Å². The van der Waals surface area contributed by atoms with E-state index in [1.807, 2.05) is 0 Å². The first-order valence-corrected chi connectivity index (χ1v) is 7.47. The molecule has 0 radical (unpaired) electrons. The first-order chi connectivity index (χ1) is 11.3. The zero-order valence-corrected chi connectivity index (χ0v) is 13.0. The average molecular weight is 380 g/mol. The van der Waals surface area contributed by atoms with Gasteiger partial charge in [0.2, 0.25) is 4.96 Å². The number of benzene rings is 1. The van der Waals surface area contributed by atoms with Gasteiger partial charge >= 0.3 is 6.18 Å². The fourth-order valence-corrected chi connectivity index (χ4v) is 2.89. The summed E-state index contributed by atoms with van der Waals surface area (Å²) in [6.45, 7) is -0.213. The molecule has 2 heterocycles. The second-order valence-electron chi connectivity index (χ2n) is 4.49. The van der Waals surface area contributed by atoms with Crippen molar-refractivity contribution in [2.24, 2.45) is 0 Å². The highest BCUT2D eigenvalue weighted by Crippen LogP contribution is 2.29. The molecule has 0 bridgehead atoms. The molecule has 126 valence electrons. The predicted molar refractivity (Wildman–Crippen MR) is 76.2 cm³/mol. The lowest BCUT2D eigenvalue weighted by atomic mass is 10.2. The number of nitrogens with one attached hydrogen (secondary N) is 1. The fraction of sp³-hybridized carbons (Fsp3) is 0.167. The van der Waals surface area contributed by atoms with E-state index >= 15 is 0 Å². The maximum atomic E-state index is 13.6. The fourth-order valence-electron chi connectivity index (χ4n) is 1.86. The second kappa shape index (κ2) is 5.98. The number of hydrogen-bond donors (Lipinski definition) is 1. The Morgan fingerprint density at radius 3 is 2.75 bits per heavy atom. The lowest BCUT2D eigenvalue weighted by molar-refractivity contribution is -0.146. The molecule has 0 aliphatic rings. The first kappa shape index (κ1) is 16.6. The topological polar surface area (TPSA) is 72.2 Å². The van der Waals surface area contributed by atoms with Gasteiger partial charge in [-0.3, -0.25) is 4.79 Å². The number of fused-ring (bicyclic) bond motifs is 1. The van der Waals surface area contributed by atoms with Crippen LogP contribution in [0.4, 0.5) is 17.6 Å². The third kappa shape index (κ3) is 3.04. The van der Waals surface area contributed by atoms with Gasteiger partial charge in [-0.2, -0.15) is 22.8 Å². The molecule has 0 spiro atoms. The standard InChI is InChI=1S/C12H6ClF4N5OS/c13-5-2-1-3-6(14)8(5)9(23)18-4-7-21-22-10(12(15,16)17)19-20-11(22)24-7/h1-3H,4H2,(H,18,23). The van der Waals surface area contributed by atoms with Crippen molar-refractivity contribution in [3.63, 3.8) is 0 Å². The van der Waals surface area contributed by atoms with Crippen molar-refractivity contribution < 1.29 is 22.4 Å². The normalized spacial score (nSPS) is 11.9. The van der Waals surface area contributed by atoms with Gasteiger partial charge in [0.15, 0.2) is 0 Å². The maximum Gasteiger partial charge on any atom is 0.453 e. The molecule has 24 heavy (non-hydrogen) atoms. The van der Waals surface area contributed by atoms with Gasteiger partial charge in [0.05, 0.1) is 17.1 Å². The van der Waals surface area contributed by atoms with Crippen molar-refractivity contribution in [1.29, 1.82) is 0 Å². The lowest BCUT2D eigenvalue weighted by Gasteiger charge is -2.06. The van der Waals surface area contributed by atoms with Crippen molar-refractivity contribution in [3.8, 4) is 0 Å². The SMILES string of the molecule is O=C(NCc1nn2c(C(F)(F)F)nnc2s1)c1c(F)cccc1Cl.